The zero-order valence-corrected chi connectivity index (χ0v) is 9.64. The molecule has 4 heteroatoms. The van der Waals surface area contributed by atoms with E-state index in [0.717, 1.165) is 13.1 Å². The first kappa shape index (κ1) is 10.6. The standard InChI is InChI=1S/C11H16N2OS/c1-8(10-3-2-4-15-10)13-11(14)5-9-6-12-7-9/h2-4,8-9,12H,5-7H2,1H3,(H,13,14)/t8-/m0/s1. The fourth-order valence-corrected chi connectivity index (χ4v) is 2.40. The lowest BCUT2D eigenvalue weighted by Crippen LogP contribution is -2.44. The molecule has 0 saturated carbocycles. The molecule has 1 aliphatic heterocycles. The summed E-state index contributed by atoms with van der Waals surface area (Å²) in [6, 6.07) is 4.21. The lowest BCUT2D eigenvalue weighted by molar-refractivity contribution is -0.123. The highest BCUT2D eigenvalue weighted by Gasteiger charge is 2.21. The van der Waals surface area contributed by atoms with Gasteiger partial charge in [0, 0.05) is 11.3 Å². The second kappa shape index (κ2) is 4.77. The number of thiophene rings is 1. The van der Waals surface area contributed by atoms with E-state index in [0.29, 0.717) is 12.3 Å². The minimum absolute atomic E-state index is 0.144. The Bertz CT molecular complexity index is 319. The zero-order chi connectivity index (χ0) is 10.7. The maximum atomic E-state index is 11.6. The average molecular weight is 224 g/mol. The van der Waals surface area contributed by atoms with Gasteiger partial charge in [0.15, 0.2) is 0 Å². The maximum absolute atomic E-state index is 11.6. The van der Waals surface area contributed by atoms with E-state index in [2.05, 4.69) is 16.7 Å². The van der Waals surface area contributed by atoms with Crippen LogP contribution in [0.1, 0.15) is 24.3 Å². The molecule has 2 heterocycles. The van der Waals surface area contributed by atoms with Crippen molar-refractivity contribution in [3.8, 4) is 0 Å². The summed E-state index contributed by atoms with van der Waals surface area (Å²) in [4.78, 5) is 12.8. The summed E-state index contributed by atoms with van der Waals surface area (Å²) in [7, 11) is 0. The van der Waals surface area contributed by atoms with E-state index in [1.54, 1.807) is 11.3 Å². The van der Waals surface area contributed by atoms with Crippen molar-refractivity contribution in [2.75, 3.05) is 13.1 Å². The Balaban J connectivity index is 1.78. The quantitative estimate of drug-likeness (QED) is 0.814. The van der Waals surface area contributed by atoms with Gasteiger partial charge in [0.1, 0.15) is 0 Å². The lowest BCUT2D eigenvalue weighted by Gasteiger charge is -2.26. The van der Waals surface area contributed by atoms with Crippen molar-refractivity contribution in [1.82, 2.24) is 10.6 Å². The molecule has 1 aliphatic rings. The van der Waals surface area contributed by atoms with Gasteiger partial charge in [-0.25, -0.2) is 0 Å². The van der Waals surface area contributed by atoms with Crippen LogP contribution in [0.4, 0.5) is 0 Å². The molecule has 1 aromatic heterocycles. The Hall–Kier alpha value is -0.870. The summed E-state index contributed by atoms with van der Waals surface area (Å²) in [6.45, 7) is 4.00. The summed E-state index contributed by atoms with van der Waals surface area (Å²) in [6.07, 6.45) is 0.655. The van der Waals surface area contributed by atoms with E-state index < -0.39 is 0 Å². The third-order valence-electron chi connectivity index (χ3n) is 2.69. The van der Waals surface area contributed by atoms with Crippen molar-refractivity contribution < 1.29 is 4.79 Å². The molecule has 2 rings (SSSR count). The van der Waals surface area contributed by atoms with E-state index >= 15 is 0 Å². The number of hydrogen-bond donors (Lipinski definition) is 2. The topological polar surface area (TPSA) is 41.1 Å². The predicted molar refractivity (Wildman–Crippen MR) is 61.9 cm³/mol. The van der Waals surface area contributed by atoms with Crippen molar-refractivity contribution in [2.45, 2.75) is 19.4 Å². The van der Waals surface area contributed by atoms with Gasteiger partial charge in [0.2, 0.25) is 5.91 Å². The van der Waals surface area contributed by atoms with Gasteiger partial charge in [-0.2, -0.15) is 0 Å². The first-order valence-corrected chi connectivity index (χ1v) is 6.17. The number of carbonyl (C=O) groups excluding carboxylic acids is 1. The molecule has 1 aromatic rings. The normalized spacial score (nSPS) is 18.2. The van der Waals surface area contributed by atoms with Crippen LogP contribution in [0.5, 0.6) is 0 Å². The number of nitrogens with one attached hydrogen (secondary N) is 2. The van der Waals surface area contributed by atoms with Crippen molar-refractivity contribution in [3.63, 3.8) is 0 Å². The van der Waals surface area contributed by atoms with Crippen LogP contribution in [0, 0.1) is 5.92 Å². The molecule has 0 bridgehead atoms. The second-order valence-corrected chi connectivity index (χ2v) is 5.01. The minimum atomic E-state index is 0.144. The molecule has 1 amide bonds. The molecule has 2 N–H and O–H groups in total. The first-order chi connectivity index (χ1) is 7.25. The minimum Gasteiger partial charge on any atom is -0.349 e. The van der Waals surface area contributed by atoms with Crippen molar-refractivity contribution in [3.05, 3.63) is 22.4 Å². The molecule has 0 aliphatic carbocycles. The SMILES string of the molecule is C[C@H](NC(=O)CC1CNC1)c1cccs1. The number of carbonyl (C=O) groups is 1. The first-order valence-electron chi connectivity index (χ1n) is 5.29. The molecule has 3 nitrogen and oxygen atoms in total. The number of rotatable bonds is 4. The van der Waals surface area contributed by atoms with Gasteiger partial charge >= 0.3 is 0 Å². The molecule has 82 valence electrons. The molecule has 0 aromatic carbocycles. The Morgan fingerprint density at radius 1 is 1.73 bits per heavy atom. The third kappa shape index (κ3) is 2.79. The van der Waals surface area contributed by atoms with Crippen LogP contribution in [0.2, 0.25) is 0 Å². The highest BCUT2D eigenvalue weighted by Crippen LogP contribution is 2.18. The smallest absolute Gasteiger partial charge is 0.220 e. The van der Waals surface area contributed by atoms with Crippen molar-refractivity contribution in [2.24, 2.45) is 5.92 Å². The summed E-state index contributed by atoms with van der Waals surface area (Å²) < 4.78 is 0. The molecule has 1 saturated heterocycles. The molecule has 15 heavy (non-hydrogen) atoms. The van der Waals surface area contributed by atoms with Crippen LogP contribution < -0.4 is 10.6 Å². The van der Waals surface area contributed by atoms with Crippen LogP contribution >= 0.6 is 11.3 Å². The monoisotopic (exact) mass is 224 g/mol. The molecular weight excluding hydrogens is 208 g/mol. The van der Waals surface area contributed by atoms with E-state index in [1.807, 2.05) is 18.4 Å². The van der Waals surface area contributed by atoms with E-state index in [1.165, 1.54) is 4.88 Å². The molecule has 0 unspecified atom stereocenters. The molecular formula is C11H16N2OS. The van der Waals surface area contributed by atoms with Crippen molar-refractivity contribution >= 4 is 17.2 Å². The lowest BCUT2D eigenvalue weighted by atomic mass is 9.99. The molecule has 1 atom stereocenters. The molecule has 0 spiro atoms. The largest absolute Gasteiger partial charge is 0.349 e. The van der Waals surface area contributed by atoms with Crippen LogP contribution in [0.3, 0.4) is 0 Å². The maximum Gasteiger partial charge on any atom is 0.220 e. The summed E-state index contributed by atoms with van der Waals surface area (Å²) in [5.41, 5.74) is 0. The van der Waals surface area contributed by atoms with Crippen molar-refractivity contribution in [1.29, 1.82) is 0 Å². The van der Waals surface area contributed by atoms with Crippen LogP contribution in [-0.2, 0) is 4.79 Å². The Morgan fingerprint density at radius 2 is 2.53 bits per heavy atom. The Kier molecular flexibility index (Phi) is 3.38. The molecule has 0 radical (unpaired) electrons. The fraction of sp³-hybridized carbons (Fsp3) is 0.545. The van der Waals surface area contributed by atoms with Gasteiger partial charge in [0.05, 0.1) is 6.04 Å². The van der Waals surface area contributed by atoms with E-state index in [-0.39, 0.29) is 11.9 Å². The number of amides is 1. The van der Waals surface area contributed by atoms with Crippen LogP contribution in [0.15, 0.2) is 17.5 Å². The average Bonchev–Trinajstić information content (AvgIpc) is 2.64. The summed E-state index contributed by atoms with van der Waals surface area (Å²) >= 11 is 1.68. The highest BCUT2D eigenvalue weighted by molar-refractivity contribution is 7.10. The fourth-order valence-electron chi connectivity index (χ4n) is 1.66. The summed E-state index contributed by atoms with van der Waals surface area (Å²) in [5.74, 6) is 0.711. The second-order valence-electron chi connectivity index (χ2n) is 4.03. The van der Waals surface area contributed by atoms with Gasteiger partial charge in [-0.05, 0) is 37.4 Å². The van der Waals surface area contributed by atoms with Gasteiger partial charge in [-0.3, -0.25) is 4.79 Å². The Morgan fingerprint density at radius 3 is 3.07 bits per heavy atom. The molecule has 1 fully saturated rings. The van der Waals surface area contributed by atoms with Gasteiger partial charge < -0.3 is 10.6 Å². The summed E-state index contributed by atoms with van der Waals surface area (Å²) in [5, 5.41) is 8.23. The van der Waals surface area contributed by atoms with Crippen LogP contribution in [0.25, 0.3) is 0 Å². The van der Waals surface area contributed by atoms with Gasteiger partial charge in [-0.1, -0.05) is 6.07 Å². The zero-order valence-electron chi connectivity index (χ0n) is 8.82. The van der Waals surface area contributed by atoms with Gasteiger partial charge in [-0.15, -0.1) is 11.3 Å². The highest BCUT2D eigenvalue weighted by atomic mass is 32.1. The Labute approximate surface area is 93.9 Å². The van der Waals surface area contributed by atoms with E-state index in [9.17, 15) is 4.79 Å². The van der Waals surface area contributed by atoms with Crippen LogP contribution in [-0.4, -0.2) is 19.0 Å². The third-order valence-corrected chi connectivity index (χ3v) is 3.74. The van der Waals surface area contributed by atoms with E-state index in [4.69, 9.17) is 0 Å². The predicted octanol–water partition coefficient (Wildman–Crippen LogP) is 1.53. The van der Waals surface area contributed by atoms with Gasteiger partial charge in [0.25, 0.3) is 0 Å². The number of hydrogen-bond acceptors (Lipinski definition) is 3.